The van der Waals surface area contributed by atoms with E-state index in [1.807, 2.05) is 25.7 Å². The number of likely N-dealkylation sites (tertiary alicyclic amines) is 1. The van der Waals surface area contributed by atoms with E-state index in [2.05, 4.69) is 0 Å². The second-order valence-corrected chi connectivity index (χ2v) is 6.18. The molecule has 0 aromatic heterocycles. The van der Waals surface area contributed by atoms with Crippen LogP contribution in [0.1, 0.15) is 46.5 Å². The average Bonchev–Trinajstić information content (AvgIpc) is 2.66. The molecule has 0 aliphatic carbocycles. The zero-order valence-corrected chi connectivity index (χ0v) is 10.7. The van der Waals surface area contributed by atoms with Gasteiger partial charge in [0.1, 0.15) is 0 Å². The summed E-state index contributed by atoms with van der Waals surface area (Å²) in [5.41, 5.74) is -0.129. The molecule has 3 nitrogen and oxygen atoms in total. The summed E-state index contributed by atoms with van der Waals surface area (Å²) in [6.07, 6.45) is 4.42. The first kappa shape index (κ1) is 11.9. The van der Waals surface area contributed by atoms with E-state index < -0.39 is 0 Å². The number of rotatable bonds is 0. The average molecular weight is 225 g/mol. The number of carbonyl (C=O) groups is 1. The number of nitrogens with zero attached hydrogens (tertiary/aromatic N) is 1. The van der Waals surface area contributed by atoms with E-state index in [0.717, 1.165) is 32.5 Å². The van der Waals surface area contributed by atoms with Crippen molar-refractivity contribution in [3.8, 4) is 0 Å². The molecular formula is C13H23NO2. The van der Waals surface area contributed by atoms with Gasteiger partial charge < -0.3 is 9.64 Å². The maximum absolute atomic E-state index is 12.1. The van der Waals surface area contributed by atoms with Crippen molar-refractivity contribution in [2.75, 3.05) is 19.7 Å². The topological polar surface area (TPSA) is 29.5 Å². The summed E-state index contributed by atoms with van der Waals surface area (Å²) in [5.74, 6) is 0.278. The van der Waals surface area contributed by atoms with Crippen molar-refractivity contribution >= 4 is 5.91 Å². The molecule has 0 unspecified atom stereocenters. The fourth-order valence-corrected chi connectivity index (χ4v) is 2.74. The molecule has 2 heterocycles. The smallest absolute Gasteiger partial charge is 0.227 e. The molecule has 92 valence electrons. The van der Waals surface area contributed by atoms with Crippen molar-refractivity contribution in [1.29, 1.82) is 0 Å². The standard InChI is InChI=1S/C13H23NO2/c1-12(2,3)11(15)14-8-6-13(7-9-14)5-4-10-16-13/h4-10H2,1-3H3. The molecule has 2 aliphatic rings. The van der Waals surface area contributed by atoms with Gasteiger partial charge in [0.15, 0.2) is 0 Å². The quantitative estimate of drug-likeness (QED) is 0.632. The Morgan fingerprint density at radius 2 is 1.81 bits per heavy atom. The molecule has 0 radical (unpaired) electrons. The molecule has 0 bridgehead atoms. The summed E-state index contributed by atoms with van der Waals surface area (Å²) in [6, 6.07) is 0. The minimum Gasteiger partial charge on any atom is -0.375 e. The molecule has 2 saturated heterocycles. The van der Waals surface area contributed by atoms with Crippen molar-refractivity contribution in [2.24, 2.45) is 5.41 Å². The first-order valence-electron chi connectivity index (χ1n) is 6.36. The van der Waals surface area contributed by atoms with Crippen LogP contribution in [0.25, 0.3) is 0 Å². The number of piperidine rings is 1. The largest absolute Gasteiger partial charge is 0.375 e. The summed E-state index contributed by atoms with van der Waals surface area (Å²) in [6.45, 7) is 8.63. The Kier molecular flexibility index (Phi) is 2.99. The van der Waals surface area contributed by atoms with Gasteiger partial charge in [0.2, 0.25) is 5.91 Å². The van der Waals surface area contributed by atoms with E-state index in [0.29, 0.717) is 0 Å². The summed E-state index contributed by atoms with van der Waals surface area (Å²) in [5, 5.41) is 0. The Labute approximate surface area is 98.1 Å². The Morgan fingerprint density at radius 1 is 1.19 bits per heavy atom. The fourth-order valence-electron chi connectivity index (χ4n) is 2.74. The minimum absolute atomic E-state index is 0.120. The van der Waals surface area contributed by atoms with Gasteiger partial charge in [-0.15, -0.1) is 0 Å². The molecule has 0 atom stereocenters. The van der Waals surface area contributed by atoms with Gasteiger partial charge in [-0.3, -0.25) is 4.79 Å². The minimum atomic E-state index is -0.249. The maximum Gasteiger partial charge on any atom is 0.227 e. The predicted octanol–water partition coefficient (Wildman–Crippen LogP) is 2.20. The molecule has 0 N–H and O–H groups in total. The lowest BCUT2D eigenvalue weighted by atomic mass is 9.86. The predicted molar refractivity (Wildman–Crippen MR) is 63.2 cm³/mol. The number of hydrogen-bond acceptors (Lipinski definition) is 2. The van der Waals surface area contributed by atoms with E-state index in [4.69, 9.17) is 4.74 Å². The molecule has 1 amide bonds. The van der Waals surface area contributed by atoms with Crippen LogP contribution in [0.5, 0.6) is 0 Å². The zero-order valence-electron chi connectivity index (χ0n) is 10.7. The summed E-state index contributed by atoms with van der Waals surface area (Å²) >= 11 is 0. The summed E-state index contributed by atoms with van der Waals surface area (Å²) in [7, 11) is 0. The first-order chi connectivity index (χ1) is 7.43. The van der Waals surface area contributed by atoms with Crippen LogP contribution >= 0.6 is 0 Å². The van der Waals surface area contributed by atoms with E-state index in [9.17, 15) is 4.79 Å². The highest BCUT2D eigenvalue weighted by Gasteiger charge is 2.40. The molecule has 3 heteroatoms. The molecule has 16 heavy (non-hydrogen) atoms. The Hall–Kier alpha value is -0.570. The lowest BCUT2D eigenvalue weighted by molar-refractivity contribution is -0.144. The van der Waals surface area contributed by atoms with Crippen molar-refractivity contribution in [3.63, 3.8) is 0 Å². The first-order valence-corrected chi connectivity index (χ1v) is 6.36. The normalized spacial score (nSPS) is 25.1. The molecule has 2 rings (SSSR count). The SMILES string of the molecule is CC(C)(C)C(=O)N1CCC2(CCCO2)CC1. The van der Waals surface area contributed by atoms with Gasteiger partial charge >= 0.3 is 0 Å². The van der Waals surface area contributed by atoms with Crippen molar-refractivity contribution in [1.82, 2.24) is 4.90 Å². The van der Waals surface area contributed by atoms with Crippen LogP contribution in [0.15, 0.2) is 0 Å². The lowest BCUT2D eigenvalue weighted by Gasteiger charge is -2.40. The van der Waals surface area contributed by atoms with E-state index in [1.54, 1.807) is 0 Å². The maximum atomic E-state index is 12.1. The van der Waals surface area contributed by atoms with Gasteiger partial charge in [-0.25, -0.2) is 0 Å². The number of amides is 1. The van der Waals surface area contributed by atoms with E-state index in [1.165, 1.54) is 12.8 Å². The highest BCUT2D eigenvalue weighted by molar-refractivity contribution is 5.81. The highest BCUT2D eigenvalue weighted by atomic mass is 16.5. The molecule has 2 aliphatic heterocycles. The number of ether oxygens (including phenoxy) is 1. The van der Waals surface area contributed by atoms with Crippen LogP contribution in [0, 0.1) is 5.41 Å². The zero-order chi connectivity index (χ0) is 11.8. The second-order valence-electron chi connectivity index (χ2n) is 6.18. The third-order valence-corrected chi connectivity index (χ3v) is 3.79. The third-order valence-electron chi connectivity index (χ3n) is 3.79. The van der Waals surface area contributed by atoms with Crippen LogP contribution in [-0.2, 0) is 9.53 Å². The van der Waals surface area contributed by atoms with Gasteiger partial charge in [-0.1, -0.05) is 20.8 Å². The molecule has 1 spiro atoms. The van der Waals surface area contributed by atoms with Crippen LogP contribution < -0.4 is 0 Å². The van der Waals surface area contributed by atoms with Gasteiger partial charge in [0, 0.05) is 25.1 Å². The van der Waals surface area contributed by atoms with Crippen LogP contribution in [-0.4, -0.2) is 36.1 Å². The van der Waals surface area contributed by atoms with Gasteiger partial charge in [0.05, 0.1) is 5.60 Å². The molecule has 0 aromatic carbocycles. The highest BCUT2D eigenvalue weighted by Crippen LogP contribution is 2.36. The van der Waals surface area contributed by atoms with Crippen molar-refractivity contribution in [2.45, 2.75) is 52.1 Å². The number of hydrogen-bond donors (Lipinski definition) is 0. The monoisotopic (exact) mass is 225 g/mol. The van der Waals surface area contributed by atoms with Gasteiger partial charge in [-0.05, 0) is 25.7 Å². The summed E-state index contributed by atoms with van der Waals surface area (Å²) < 4.78 is 5.86. The lowest BCUT2D eigenvalue weighted by Crippen LogP contribution is -2.49. The van der Waals surface area contributed by atoms with E-state index >= 15 is 0 Å². The second kappa shape index (κ2) is 4.02. The Morgan fingerprint density at radius 3 is 2.25 bits per heavy atom. The third kappa shape index (κ3) is 2.24. The Balaban J connectivity index is 1.92. The van der Waals surface area contributed by atoms with Crippen LogP contribution in [0.3, 0.4) is 0 Å². The molecule has 0 saturated carbocycles. The Bertz CT molecular complexity index is 264. The number of carbonyl (C=O) groups excluding carboxylic acids is 1. The molecule has 0 aromatic rings. The van der Waals surface area contributed by atoms with Gasteiger partial charge in [0.25, 0.3) is 0 Å². The van der Waals surface area contributed by atoms with Crippen molar-refractivity contribution < 1.29 is 9.53 Å². The van der Waals surface area contributed by atoms with Crippen molar-refractivity contribution in [3.05, 3.63) is 0 Å². The van der Waals surface area contributed by atoms with Crippen LogP contribution in [0.4, 0.5) is 0 Å². The molecular weight excluding hydrogens is 202 g/mol. The summed E-state index contributed by atoms with van der Waals surface area (Å²) in [4.78, 5) is 14.1. The van der Waals surface area contributed by atoms with Gasteiger partial charge in [-0.2, -0.15) is 0 Å². The van der Waals surface area contributed by atoms with Crippen LogP contribution in [0.2, 0.25) is 0 Å². The molecule has 2 fully saturated rings. The van der Waals surface area contributed by atoms with E-state index in [-0.39, 0.29) is 16.9 Å². The fraction of sp³-hybridized carbons (Fsp3) is 0.923.